The minimum atomic E-state index is -0.629. The minimum absolute atomic E-state index is 0.153. The van der Waals surface area contributed by atoms with Crippen LogP contribution in [0, 0.1) is 25.5 Å². The van der Waals surface area contributed by atoms with E-state index in [0.717, 1.165) is 6.07 Å². The first kappa shape index (κ1) is 11.4. The number of nitrogens with two attached hydrogens (primary N) is 1. The van der Waals surface area contributed by atoms with Gasteiger partial charge < -0.3 is 5.73 Å². The van der Waals surface area contributed by atoms with Gasteiger partial charge in [0.15, 0.2) is 0 Å². The normalized spacial score (nSPS) is 10.6. The maximum Gasteiger partial charge on any atom is 0.220 e. The average molecular weight is 235 g/mol. The standard InChI is InChI=1S/C12H11F2N3/c1-6-11(7(2)17-12(15)16-6)8-3-9(13)5-10(14)4-8/h3-5H,1-2H3,(H2,15,16,17). The number of nitrogens with zero attached hydrogens (tertiary/aromatic N) is 2. The van der Waals surface area contributed by atoms with E-state index in [0.29, 0.717) is 22.5 Å². The Morgan fingerprint density at radius 2 is 1.41 bits per heavy atom. The SMILES string of the molecule is Cc1nc(N)nc(C)c1-c1cc(F)cc(F)c1. The van der Waals surface area contributed by atoms with E-state index in [1.54, 1.807) is 13.8 Å². The van der Waals surface area contributed by atoms with Crippen molar-refractivity contribution < 1.29 is 8.78 Å². The predicted octanol–water partition coefficient (Wildman–Crippen LogP) is 2.62. The smallest absolute Gasteiger partial charge is 0.220 e. The monoisotopic (exact) mass is 235 g/mol. The quantitative estimate of drug-likeness (QED) is 0.826. The van der Waals surface area contributed by atoms with Gasteiger partial charge in [-0.25, -0.2) is 18.7 Å². The summed E-state index contributed by atoms with van der Waals surface area (Å²) in [5.41, 5.74) is 7.71. The third kappa shape index (κ3) is 2.22. The Hall–Kier alpha value is -2.04. The van der Waals surface area contributed by atoms with Crippen LogP contribution in [0.1, 0.15) is 11.4 Å². The summed E-state index contributed by atoms with van der Waals surface area (Å²) in [5.74, 6) is -1.10. The molecule has 0 saturated heterocycles. The molecule has 3 nitrogen and oxygen atoms in total. The Morgan fingerprint density at radius 1 is 0.941 bits per heavy atom. The third-order valence-electron chi connectivity index (χ3n) is 2.44. The summed E-state index contributed by atoms with van der Waals surface area (Å²) in [4.78, 5) is 7.98. The summed E-state index contributed by atoms with van der Waals surface area (Å²) in [6.07, 6.45) is 0. The van der Waals surface area contributed by atoms with Crippen LogP contribution in [0.5, 0.6) is 0 Å². The van der Waals surface area contributed by atoms with Crippen LogP contribution < -0.4 is 5.73 Å². The molecule has 0 aliphatic rings. The van der Waals surface area contributed by atoms with Crippen LogP contribution in [-0.4, -0.2) is 9.97 Å². The first-order valence-electron chi connectivity index (χ1n) is 5.04. The van der Waals surface area contributed by atoms with Gasteiger partial charge in [0.05, 0.1) is 11.4 Å². The highest BCUT2D eigenvalue weighted by atomic mass is 19.1. The van der Waals surface area contributed by atoms with Crippen LogP contribution in [0.15, 0.2) is 18.2 Å². The summed E-state index contributed by atoms with van der Waals surface area (Å²) in [6.45, 7) is 3.45. The lowest BCUT2D eigenvalue weighted by molar-refractivity contribution is 0.584. The van der Waals surface area contributed by atoms with Crippen molar-refractivity contribution in [3.8, 4) is 11.1 Å². The molecule has 1 heterocycles. The van der Waals surface area contributed by atoms with Crippen LogP contribution >= 0.6 is 0 Å². The zero-order valence-corrected chi connectivity index (χ0v) is 9.46. The fourth-order valence-electron chi connectivity index (χ4n) is 1.86. The van der Waals surface area contributed by atoms with Crippen molar-refractivity contribution in [2.45, 2.75) is 13.8 Å². The summed E-state index contributed by atoms with van der Waals surface area (Å²) in [5, 5.41) is 0. The fraction of sp³-hybridized carbons (Fsp3) is 0.167. The molecular weight excluding hydrogens is 224 g/mol. The van der Waals surface area contributed by atoms with Gasteiger partial charge in [-0.3, -0.25) is 0 Å². The molecule has 1 aromatic carbocycles. The highest BCUT2D eigenvalue weighted by molar-refractivity contribution is 5.68. The number of rotatable bonds is 1. The summed E-state index contributed by atoms with van der Waals surface area (Å²) >= 11 is 0. The van der Waals surface area contributed by atoms with Crippen molar-refractivity contribution >= 4 is 5.95 Å². The van der Waals surface area contributed by atoms with Crippen molar-refractivity contribution in [1.29, 1.82) is 0 Å². The Bertz CT molecular complexity index is 539. The van der Waals surface area contributed by atoms with Crippen molar-refractivity contribution in [3.63, 3.8) is 0 Å². The van der Waals surface area contributed by atoms with Crippen molar-refractivity contribution in [3.05, 3.63) is 41.2 Å². The van der Waals surface area contributed by atoms with Gasteiger partial charge in [-0.05, 0) is 31.5 Å². The van der Waals surface area contributed by atoms with Crippen LogP contribution in [0.3, 0.4) is 0 Å². The van der Waals surface area contributed by atoms with E-state index in [1.807, 2.05) is 0 Å². The maximum absolute atomic E-state index is 13.2. The highest BCUT2D eigenvalue weighted by Crippen LogP contribution is 2.26. The molecule has 0 bridgehead atoms. The number of nitrogen functional groups attached to an aromatic ring is 1. The number of hydrogen-bond donors (Lipinski definition) is 1. The van der Waals surface area contributed by atoms with E-state index >= 15 is 0 Å². The van der Waals surface area contributed by atoms with Crippen LogP contribution in [-0.2, 0) is 0 Å². The third-order valence-corrected chi connectivity index (χ3v) is 2.44. The molecule has 0 atom stereocenters. The molecule has 0 fully saturated rings. The first-order chi connectivity index (χ1) is 7.97. The van der Waals surface area contributed by atoms with E-state index < -0.39 is 11.6 Å². The van der Waals surface area contributed by atoms with Crippen molar-refractivity contribution in [2.75, 3.05) is 5.73 Å². The Morgan fingerprint density at radius 3 is 1.88 bits per heavy atom. The second-order valence-corrected chi connectivity index (χ2v) is 3.79. The van der Waals surface area contributed by atoms with Gasteiger partial charge in [0.2, 0.25) is 5.95 Å². The number of hydrogen-bond acceptors (Lipinski definition) is 3. The lowest BCUT2D eigenvalue weighted by Gasteiger charge is -2.09. The van der Waals surface area contributed by atoms with E-state index in [9.17, 15) is 8.78 Å². The predicted molar refractivity (Wildman–Crippen MR) is 61.3 cm³/mol. The molecular formula is C12H11F2N3. The Balaban J connectivity index is 2.68. The Kier molecular flexibility index (Phi) is 2.75. The summed E-state index contributed by atoms with van der Waals surface area (Å²) in [6, 6.07) is 3.32. The molecule has 0 aliphatic heterocycles. The molecule has 1 aromatic heterocycles. The minimum Gasteiger partial charge on any atom is -0.368 e. The lowest BCUT2D eigenvalue weighted by atomic mass is 10.0. The second-order valence-electron chi connectivity index (χ2n) is 3.79. The average Bonchev–Trinajstić information content (AvgIpc) is 2.13. The van der Waals surface area contributed by atoms with Gasteiger partial charge in [0.25, 0.3) is 0 Å². The summed E-state index contributed by atoms with van der Waals surface area (Å²) < 4.78 is 26.3. The molecule has 0 radical (unpaired) electrons. The van der Waals surface area contributed by atoms with E-state index in [2.05, 4.69) is 9.97 Å². The zero-order valence-electron chi connectivity index (χ0n) is 9.46. The number of aromatic nitrogens is 2. The van der Waals surface area contributed by atoms with Gasteiger partial charge in [0.1, 0.15) is 11.6 Å². The molecule has 2 aromatic rings. The van der Waals surface area contributed by atoms with E-state index in [4.69, 9.17) is 5.73 Å². The fourth-order valence-corrected chi connectivity index (χ4v) is 1.86. The number of halogens is 2. The van der Waals surface area contributed by atoms with Crippen LogP contribution in [0.2, 0.25) is 0 Å². The molecule has 17 heavy (non-hydrogen) atoms. The lowest BCUT2D eigenvalue weighted by Crippen LogP contribution is -2.02. The van der Waals surface area contributed by atoms with Gasteiger partial charge in [-0.2, -0.15) is 0 Å². The molecule has 0 amide bonds. The van der Waals surface area contributed by atoms with Crippen LogP contribution in [0.4, 0.5) is 14.7 Å². The van der Waals surface area contributed by atoms with E-state index in [1.165, 1.54) is 12.1 Å². The van der Waals surface area contributed by atoms with Gasteiger partial charge in [0, 0.05) is 11.6 Å². The topological polar surface area (TPSA) is 51.8 Å². The van der Waals surface area contributed by atoms with E-state index in [-0.39, 0.29) is 5.95 Å². The number of aryl methyl sites for hydroxylation is 2. The molecule has 0 unspecified atom stereocenters. The van der Waals surface area contributed by atoms with Crippen molar-refractivity contribution in [1.82, 2.24) is 9.97 Å². The van der Waals surface area contributed by atoms with Gasteiger partial charge >= 0.3 is 0 Å². The van der Waals surface area contributed by atoms with Gasteiger partial charge in [-0.15, -0.1) is 0 Å². The number of anilines is 1. The summed E-state index contributed by atoms with van der Waals surface area (Å²) in [7, 11) is 0. The largest absolute Gasteiger partial charge is 0.368 e. The van der Waals surface area contributed by atoms with Crippen molar-refractivity contribution in [2.24, 2.45) is 0 Å². The molecule has 88 valence electrons. The molecule has 2 rings (SSSR count). The second kappa shape index (κ2) is 4.08. The highest BCUT2D eigenvalue weighted by Gasteiger charge is 2.11. The van der Waals surface area contributed by atoms with Crippen LogP contribution in [0.25, 0.3) is 11.1 Å². The molecule has 5 heteroatoms. The number of benzene rings is 1. The first-order valence-corrected chi connectivity index (χ1v) is 5.04. The zero-order chi connectivity index (χ0) is 12.6. The Labute approximate surface area is 97.3 Å². The molecule has 0 aliphatic carbocycles. The molecule has 2 N–H and O–H groups in total. The van der Waals surface area contributed by atoms with Gasteiger partial charge in [-0.1, -0.05) is 0 Å². The maximum atomic E-state index is 13.2. The molecule has 0 saturated carbocycles. The molecule has 0 spiro atoms.